The molecule has 0 aromatic heterocycles. The molecule has 0 radical (unpaired) electrons. The lowest BCUT2D eigenvalue weighted by atomic mass is 10.1. The van der Waals surface area contributed by atoms with Gasteiger partial charge < -0.3 is 9.47 Å². The highest BCUT2D eigenvalue weighted by Gasteiger charge is 2.23. The van der Waals surface area contributed by atoms with E-state index in [2.05, 4.69) is 33.8 Å². The highest BCUT2D eigenvalue weighted by Crippen LogP contribution is 2.21. The van der Waals surface area contributed by atoms with Gasteiger partial charge in [-0.15, -0.1) is 0 Å². The van der Waals surface area contributed by atoms with Crippen LogP contribution >= 0.6 is 0 Å². The third kappa shape index (κ3) is 4.25. The van der Waals surface area contributed by atoms with Gasteiger partial charge in [0.1, 0.15) is 0 Å². The minimum Gasteiger partial charge on any atom is -0.350 e. The fraction of sp³-hybridized carbons (Fsp3) is 0.833. The fourth-order valence-corrected chi connectivity index (χ4v) is 1.77. The molecule has 1 saturated heterocycles. The first kappa shape index (κ1) is 11.7. The van der Waals surface area contributed by atoms with E-state index in [4.69, 9.17) is 9.47 Å². The summed E-state index contributed by atoms with van der Waals surface area (Å²) in [5, 5.41) is 0. The summed E-state index contributed by atoms with van der Waals surface area (Å²) < 4.78 is 11.4. The van der Waals surface area contributed by atoms with Gasteiger partial charge >= 0.3 is 0 Å². The Morgan fingerprint density at radius 2 is 1.79 bits per heavy atom. The third-order valence-electron chi connectivity index (χ3n) is 2.39. The minimum atomic E-state index is 0.00403. The van der Waals surface area contributed by atoms with Crippen LogP contribution in [0.3, 0.4) is 0 Å². The summed E-state index contributed by atoms with van der Waals surface area (Å²) in [4.78, 5) is 0. The largest absolute Gasteiger partial charge is 0.350 e. The van der Waals surface area contributed by atoms with E-state index in [-0.39, 0.29) is 6.29 Å². The molecule has 0 aromatic carbocycles. The topological polar surface area (TPSA) is 18.5 Å². The SMILES string of the molecule is CC(C)=CCCC1O[C@H](C)C[C@H](C)O1. The van der Waals surface area contributed by atoms with E-state index < -0.39 is 0 Å². The molecule has 1 aliphatic heterocycles. The van der Waals surface area contributed by atoms with Crippen molar-refractivity contribution in [1.82, 2.24) is 0 Å². The van der Waals surface area contributed by atoms with E-state index in [9.17, 15) is 0 Å². The molecule has 82 valence electrons. The van der Waals surface area contributed by atoms with Crippen molar-refractivity contribution in [1.29, 1.82) is 0 Å². The maximum Gasteiger partial charge on any atom is 0.158 e. The van der Waals surface area contributed by atoms with Gasteiger partial charge in [0.25, 0.3) is 0 Å². The summed E-state index contributed by atoms with van der Waals surface area (Å²) in [6.45, 7) is 8.47. The molecule has 0 aromatic rings. The van der Waals surface area contributed by atoms with Gasteiger partial charge in [0, 0.05) is 6.42 Å². The van der Waals surface area contributed by atoms with Gasteiger partial charge in [-0.2, -0.15) is 0 Å². The summed E-state index contributed by atoms with van der Waals surface area (Å²) in [5.74, 6) is 0. The zero-order chi connectivity index (χ0) is 10.6. The predicted octanol–water partition coefficient (Wildman–Crippen LogP) is 3.27. The first-order valence-corrected chi connectivity index (χ1v) is 5.52. The average molecular weight is 198 g/mol. The Hall–Kier alpha value is -0.340. The number of hydrogen-bond donors (Lipinski definition) is 0. The molecule has 0 spiro atoms. The molecular formula is C12H22O2. The third-order valence-corrected chi connectivity index (χ3v) is 2.39. The zero-order valence-corrected chi connectivity index (χ0v) is 9.75. The molecule has 0 aliphatic carbocycles. The molecule has 1 aliphatic rings. The van der Waals surface area contributed by atoms with Crippen LogP contribution in [0, 0.1) is 0 Å². The van der Waals surface area contributed by atoms with Crippen LogP contribution in [0.4, 0.5) is 0 Å². The van der Waals surface area contributed by atoms with E-state index in [1.807, 2.05) is 0 Å². The van der Waals surface area contributed by atoms with Gasteiger partial charge in [-0.05, 0) is 40.5 Å². The summed E-state index contributed by atoms with van der Waals surface area (Å²) in [5.41, 5.74) is 1.36. The molecule has 2 heteroatoms. The second-order valence-electron chi connectivity index (χ2n) is 4.42. The second kappa shape index (κ2) is 5.52. The maximum atomic E-state index is 5.69. The lowest BCUT2D eigenvalue weighted by Crippen LogP contribution is -2.35. The Labute approximate surface area is 87.3 Å². The van der Waals surface area contributed by atoms with Crippen LogP contribution in [0.1, 0.15) is 47.0 Å². The first-order chi connectivity index (χ1) is 6.58. The van der Waals surface area contributed by atoms with Crippen LogP contribution in [0.5, 0.6) is 0 Å². The van der Waals surface area contributed by atoms with Gasteiger partial charge in [0.15, 0.2) is 6.29 Å². The van der Waals surface area contributed by atoms with Crippen LogP contribution in [0.25, 0.3) is 0 Å². The minimum absolute atomic E-state index is 0.00403. The average Bonchev–Trinajstić information content (AvgIpc) is 2.01. The molecule has 1 rings (SSSR count). The summed E-state index contributed by atoms with van der Waals surface area (Å²) in [7, 11) is 0. The highest BCUT2D eigenvalue weighted by molar-refractivity contribution is 4.92. The van der Waals surface area contributed by atoms with Gasteiger partial charge in [-0.1, -0.05) is 11.6 Å². The van der Waals surface area contributed by atoms with Crippen molar-refractivity contribution in [2.75, 3.05) is 0 Å². The maximum absolute atomic E-state index is 5.69. The molecule has 3 atom stereocenters. The van der Waals surface area contributed by atoms with Crippen molar-refractivity contribution >= 4 is 0 Å². The van der Waals surface area contributed by atoms with Crippen LogP contribution in [-0.2, 0) is 9.47 Å². The number of ether oxygens (including phenoxy) is 2. The molecule has 1 heterocycles. The lowest BCUT2D eigenvalue weighted by Gasteiger charge is -2.32. The van der Waals surface area contributed by atoms with Gasteiger partial charge in [0.05, 0.1) is 12.2 Å². The summed E-state index contributed by atoms with van der Waals surface area (Å²) in [6, 6.07) is 0. The molecule has 0 N–H and O–H groups in total. The van der Waals surface area contributed by atoms with Crippen LogP contribution in [0.15, 0.2) is 11.6 Å². The fourth-order valence-electron chi connectivity index (χ4n) is 1.77. The van der Waals surface area contributed by atoms with Crippen molar-refractivity contribution in [3.63, 3.8) is 0 Å². The summed E-state index contributed by atoms with van der Waals surface area (Å²) in [6.07, 6.45) is 5.96. The van der Waals surface area contributed by atoms with Crippen molar-refractivity contribution in [3.05, 3.63) is 11.6 Å². The molecule has 0 amide bonds. The molecule has 0 saturated carbocycles. The van der Waals surface area contributed by atoms with E-state index in [1.54, 1.807) is 0 Å². The van der Waals surface area contributed by atoms with E-state index >= 15 is 0 Å². The van der Waals surface area contributed by atoms with Gasteiger partial charge in [-0.25, -0.2) is 0 Å². The van der Waals surface area contributed by atoms with Gasteiger partial charge in [-0.3, -0.25) is 0 Å². The van der Waals surface area contributed by atoms with Crippen LogP contribution in [-0.4, -0.2) is 18.5 Å². The summed E-state index contributed by atoms with van der Waals surface area (Å²) >= 11 is 0. The van der Waals surface area contributed by atoms with Crippen molar-refractivity contribution in [2.24, 2.45) is 0 Å². The molecule has 2 nitrogen and oxygen atoms in total. The quantitative estimate of drug-likeness (QED) is 0.648. The Bertz CT molecular complexity index is 184. The highest BCUT2D eigenvalue weighted by atomic mass is 16.7. The van der Waals surface area contributed by atoms with E-state index in [0.29, 0.717) is 12.2 Å². The molecule has 0 bridgehead atoms. The van der Waals surface area contributed by atoms with E-state index in [1.165, 1.54) is 5.57 Å². The normalized spacial score (nSPS) is 32.7. The molecule has 1 unspecified atom stereocenters. The first-order valence-electron chi connectivity index (χ1n) is 5.52. The Morgan fingerprint density at radius 3 is 2.29 bits per heavy atom. The van der Waals surface area contributed by atoms with Gasteiger partial charge in [0.2, 0.25) is 0 Å². The number of rotatable bonds is 3. The van der Waals surface area contributed by atoms with Crippen LogP contribution < -0.4 is 0 Å². The Morgan fingerprint density at radius 1 is 1.21 bits per heavy atom. The number of hydrogen-bond acceptors (Lipinski definition) is 2. The van der Waals surface area contributed by atoms with Crippen molar-refractivity contribution < 1.29 is 9.47 Å². The second-order valence-corrected chi connectivity index (χ2v) is 4.42. The predicted molar refractivity (Wildman–Crippen MR) is 58.2 cm³/mol. The Balaban J connectivity index is 2.27. The monoisotopic (exact) mass is 198 g/mol. The smallest absolute Gasteiger partial charge is 0.158 e. The molecular weight excluding hydrogens is 176 g/mol. The zero-order valence-electron chi connectivity index (χ0n) is 9.75. The molecule has 14 heavy (non-hydrogen) atoms. The lowest BCUT2D eigenvalue weighted by molar-refractivity contribution is -0.235. The molecule has 1 fully saturated rings. The van der Waals surface area contributed by atoms with E-state index in [0.717, 1.165) is 19.3 Å². The standard InChI is InChI=1S/C12H22O2/c1-9(2)6-5-7-12-13-10(3)8-11(4)14-12/h6,10-12H,5,7-8H2,1-4H3/t10-,11+,12?. The van der Waals surface area contributed by atoms with Crippen LogP contribution in [0.2, 0.25) is 0 Å². The Kier molecular flexibility index (Phi) is 4.63. The van der Waals surface area contributed by atoms with Crippen molar-refractivity contribution in [2.45, 2.75) is 65.5 Å². The van der Waals surface area contributed by atoms with Crippen molar-refractivity contribution in [3.8, 4) is 0 Å². The number of allylic oxidation sites excluding steroid dienone is 2.